The van der Waals surface area contributed by atoms with Crippen LogP contribution in [0.4, 0.5) is 0 Å². The molecule has 2 aromatic carbocycles. The fourth-order valence-electron chi connectivity index (χ4n) is 3.08. The van der Waals surface area contributed by atoms with E-state index in [-0.39, 0.29) is 5.41 Å². The number of benzene rings is 2. The molecule has 0 fully saturated rings. The molecule has 0 spiro atoms. The molecule has 0 saturated carbocycles. The molecule has 1 unspecified atom stereocenters. The highest BCUT2D eigenvalue weighted by Crippen LogP contribution is 2.41. The van der Waals surface area contributed by atoms with Crippen molar-refractivity contribution in [3.63, 3.8) is 0 Å². The van der Waals surface area contributed by atoms with E-state index in [1.165, 1.54) is 16.3 Å². The molecule has 0 aliphatic heterocycles. The van der Waals surface area contributed by atoms with Crippen molar-refractivity contribution in [2.45, 2.75) is 53.4 Å². The van der Waals surface area contributed by atoms with E-state index in [0.717, 1.165) is 12.8 Å². The highest BCUT2D eigenvalue weighted by molar-refractivity contribution is 5.83. The van der Waals surface area contributed by atoms with E-state index in [1.54, 1.807) is 5.57 Å². The Bertz CT molecular complexity index is 626. The Morgan fingerprint density at radius 3 is 2.29 bits per heavy atom. The quantitative estimate of drug-likeness (QED) is 0.545. The second kappa shape index (κ2) is 6.47. The van der Waals surface area contributed by atoms with Crippen LogP contribution in [0.2, 0.25) is 0 Å². The normalized spacial score (nSPS) is 14.4. The molecule has 1 atom stereocenters. The van der Waals surface area contributed by atoms with E-state index in [4.69, 9.17) is 0 Å². The van der Waals surface area contributed by atoms with E-state index in [9.17, 15) is 0 Å². The number of allylic oxidation sites excluding steroid dienone is 2. The fourth-order valence-corrected chi connectivity index (χ4v) is 3.08. The lowest BCUT2D eigenvalue weighted by molar-refractivity contribution is 0.316. The van der Waals surface area contributed by atoms with Gasteiger partial charge in [0.1, 0.15) is 0 Å². The van der Waals surface area contributed by atoms with Crippen LogP contribution in [-0.2, 0) is 0 Å². The van der Waals surface area contributed by atoms with E-state index >= 15 is 0 Å². The molecule has 0 N–H and O–H groups in total. The Morgan fingerprint density at radius 2 is 1.71 bits per heavy atom. The molecule has 0 saturated heterocycles. The molecule has 0 amide bonds. The average molecular weight is 280 g/mol. The number of hydrogen-bond donors (Lipinski definition) is 0. The first kappa shape index (κ1) is 15.8. The Labute approximate surface area is 129 Å². The molecule has 0 aliphatic rings. The largest absolute Gasteiger partial charge is 0.0884 e. The third-order valence-electron chi connectivity index (χ3n) is 4.55. The van der Waals surface area contributed by atoms with Gasteiger partial charge in [0.05, 0.1) is 0 Å². The second-order valence-electron chi connectivity index (χ2n) is 7.03. The minimum absolute atomic E-state index is 0.270. The summed E-state index contributed by atoms with van der Waals surface area (Å²) < 4.78 is 0. The van der Waals surface area contributed by atoms with Crippen molar-refractivity contribution in [1.29, 1.82) is 0 Å². The van der Waals surface area contributed by atoms with E-state index < -0.39 is 0 Å². The van der Waals surface area contributed by atoms with Crippen LogP contribution < -0.4 is 0 Å². The number of rotatable bonds is 4. The minimum Gasteiger partial charge on any atom is -0.0884 e. The van der Waals surface area contributed by atoms with Crippen LogP contribution in [0.3, 0.4) is 0 Å². The molecular weight excluding hydrogens is 252 g/mol. The molecule has 0 aromatic heterocycles. The van der Waals surface area contributed by atoms with Crippen molar-refractivity contribution in [3.05, 3.63) is 59.7 Å². The van der Waals surface area contributed by atoms with E-state index in [0.29, 0.717) is 5.92 Å². The van der Waals surface area contributed by atoms with Gasteiger partial charge in [-0.1, -0.05) is 81.8 Å². The summed E-state index contributed by atoms with van der Waals surface area (Å²) in [5.74, 6) is 0.563. The molecule has 21 heavy (non-hydrogen) atoms. The van der Waals surface area contributed by atoms with Crippen molar-refractivity contribution in [1.82, 2.24) is 0 Å². The maximum absolute atomic E-state index is 2.38. The summed E-state index contributed by atoms with van der Waals surface area (Å²) in [5.41, 5.74) is 3.29. The van der Waals surface area contributed by atoms with Gasteiger partial charge in [-0.25, -0.2) is 0 Å². The SMILES string of the molecule is CC=C(CC)CC(c1ccc2ccccc2c1)C(C)(C)C. The van der Waals surface area contributed by atoms with Crippen LogP contribution in [0.15, 0.2) is 54.1 Å². The molecule has 112 valence electrons. The zero-order chi connectivity index (χ0) is 15.5. The zero-order valence-electron chi connectivity index (χ0n) is 14.1. The topological polar surface area (TPSA) is 0 Å². The zero-order valence-corrected chi connectivity index (χ0v) is 14.1. The van der Waals surface area contributed by atoms with Crippen molar-refractivity contribution < 1.29 is 0 Å². The van der Waals surface area contributed by atoms with Crippen LogP contribution in [0.25, 0.3) is 10.8 Å². The Hall–Kier alpha value is -1.56. The first-order chi connectivity index (χ1) is 9.95. The van der Waals surface area contributed by atoms with Gasteiger partial charge >= 0.3 is 0 Å². The van der Waals surface area contributed by atoms with E-state index in [1.807, 2.05) is 0 Å². The third-order valence-corrected chi connectivity index (χ3v) is 4.55. The van der Waals surface area contributed by atoms with Crippen LogP contribution in [0.1, 0.15) is 58.9 Å². The Balaban J connectivity index is 2.43. The van der Waals surface area contributed by atoms with Gasteiger partial charge in [-0.2, -0.15) is 0 Å². The molecule has 0 heterocycles. The summed E-state index contributed by atoms with van der Waals surface area (Å²) in [5, 5.41) is 2.68. The molecule has 2 rings (SSSR count). The predicted molar refractivity (Wildman–Crippen MR) is 94.8 cm³/mol. The van der Waals surface area contributed by atoms with Gasteiger partial charge in [0, 0.05) is 0 Å². The third kappa shape index (κ3) is 3.75. The lowest BCUT2D eigenvalue weighted by Gasteiger charge is -2.32. The highest BCUT2D eigenvalue weighted by Gasteiger charge is 2.26. The lowest BCUT2D eigenvalue weighted by atomic mass is 9.72. The first-order valence-electron chi connectivity index (χ1n) is 8.08. The maximum atomic E-state index is 2.38. The lowest BCUT2D eigenvalue weighted by Crippen LogP contribution is -2.19. The van der Waals surface area contributed by atoms with Crippen LogP contribution in [0.5, 0.6) is 0 Å². The smallest absolute Gasteiger partial charge is 0.00758 e. The second-order valence-corrected chi connectivity index (χ2v) is 7.03. The summed E-state index contributed by atoms with van der Waals surface area (Å²) in [4.78, 5) is 0. The van der Waals surface area contributed by atoms with E-state index in [2.05, 4.69) is 83.2 Å². The monoisotopic (exact) mass is 280 g/mol. The summed E-state index contributed by atoms with van der Waals surface area (Å²) in [6.45, 7) is 11.5. The summed E-state index contributed by atoms with van der Waals surface area (Å²) in [7, 11) is 0. The molecule has 0 radical (unpaired) electrons. The van der Waals surface area contributed by atoms with Gasteiger partial charge in [0.15, 0.2) is 0 Å². The predicted octanol–water partition coefficient (Wildman–Crippen LogP) is 6.72. The molecule has 0 heteroatoms. The summed E-state index contributed by atoms with van der Waals surface area (Å²) in [6, 6.07) is 15.6. The van der Waals surface area contributed by atoms with Crippen LogP contribution in [0, 0.1) is 5.41 Å². The standard InChI is InChI=1S/C21H28/c1-6-16(7-2)14-20(21(3,4)5)19-13-12-17-10-8-9-11-18(17)15-19/h6,8-13,15,20H,7,14H2,1-5H3. The Kier molecular flexibility index (Phi) is 4.88. The minimum atomic E-state index is 0.270. The number of hydrogen-bond acceptors (Lipinski definition) is 0. The maximum Gasteiger partial charge on any atom is -0.00758 e. The molecular formula is C21H28. The summed E-state index contributed by atoms with van der Waals surface area (Å²) >= 11 is 0. The van der Waals surface area contributed by atoms with Gasteiger partial charge in [0.25, 0.3) is 0 Å². The highest BCUT2D eigenvalue weighted by atomic mass is 14.3. The molecule has 0 bridgehead atoms. The average Bonchev–Trinajstić information content (AvgIpc) is 2.47. The van der Waals surface area contributed by atoms with Gasteiger partial charge < -0.3 is 0 Å². The van der Waals surface area contributed by atoms with Gasteiger partial charge in [-0.15, -0.1) is 0 Å². The van der Waals surface area contributed by atoms with Crippen molar-refractivity contribution in [3.8, 4) is 0 Å². The van der Waals surface area contributed by atoms with Gasteiger partial charge in [-0.3, -0.25) is 0 Å². The van der Waals surface area contributed by atoms with Crippen molar-refractivity contribution >= 4 is 10.8 Å². The Morgan fingerprint density at radius 1 is 1.05 bits per heavy atom. The summed E-state index contributed by atoms with van der Waals surface area (Å²) in [6.07, 6.45) is 4.60. The van der Waals surface area contributed by atoms with Crippen LogP contribution >= 0.6 is 0 Å². The molecule has 2 aromatic rings. The van der Waals surface area contributed by atoms with Crippen LogP contribution in [-0.4, -0.2) is 0 Å². The van der Waals surface area contributed by atoms with Gasteiger partial charge in [0.2, 0.25) is 0 Å². The number of fused-ring (bicyclic) bond motifs is 1. The molecule has 0 aliphatic carbocycles. The van der Waals surface area contributed by atoms with Gasteiger partial charge in [-0.05, 0) is 47.4 Å². The molecule has 0 nitrogen and oxygen atoms in total. The first-order valence-corrected chi connectivity index (χ1v) is 8.08. The van der Waals surface area contributed by atoms with Crippen molar-refractivity contribution in [2.24, 2.45) is 5.41 Å². The fraction of sp³-hybridized carbons (Fsp3) is 0.429. The van der Waals surface area contributed by atoms with Crippen molar-refractivity contribution in [2.75, 3.05) is 0 Å².